The number of rotatable bonds is 6. The summed E-state index contributed by atoms with van der Waals surface area (Å²) in [7, 11) is 0. The Kier molecular flexibility index (Phi) is 5.54. The predicted octanol–water partition coefficient (Wildman–Crippen LogP) is 3.96. The second-order valence-corrected chi connectivity index (χ2v) is 7.62. The van der Waals surface area contributed by atoms with Gasteiger partial charge >= 0.3 is 5.97 Å². The van der Waals surface area contributed by atoms with E-state index in [9.17, 15) is 14.8 Å². The molecule has 0 amide bonds. The van der Waals surface area contributed by atoms with E-state index in [1.165, 1.54) is 24.3 Å². The fourth-order valence-corrected chi connectivity index (χ4v) is 3.55. The molecule has 0 saturated heterocycles. The van der Waals surface area contributed by atoms with E-state index in [0.717, 1.165) is 12.8 Å². The van der Waals surface area contributed by atoms with Crippen LogP contribution in [-0.2, 0) is 9.53 Å². The number of carbonyl (C=O) groups is 2. The fraction of sp³-hybridized carbons (Fsp3) is 0.579. The van der Waals surface area contributed by atoms with Gasteiger partial charge in [0.25, 0.3) is 0 Å². The number of carbonyl (C=O) groups excluding carboxylic acids is 2. The fourth-order valence-electron chi connectivity index (χ4n) is 3.55. The van der Waals surface area contributed by atoms with E-state index in [4.69, 9.17) is 9.94 Å². The Morgan fingerprint density at radius 1 is 1.28 bits per heavy atom. The van der Waals surface area contributed by atoms with Crippen LogP contribution in [0.5, 0.6) is 0 Å². The Morgan fingerprint density at radius 3 is 2.36 bits per heavy atom. The summed E-state index contributed by atoms with van der Waals surface area (Å²) in [4.78, 5) is 24.7. The minimum atomic E-state index is -0.557. The van der Waals surface area contributed by atoms with Gasteiger partial charge in [0.2, 0.25) is 0 Å². The van der Waals surface area contributed by atoms with Gasteiger partial charge in [0.05, 0.1) is 17.9 Å². The van der Waals surface area contributed by atoms with Crippen molar-refractivity contribution in [3.05, 3.63) is 35.0 Å². The van der Waals surface area contributed by atoms with Crippen molar-refractivity contribution in [1.29, 1.82) is 0 Å². The molecule has 1 saturated carbocycles. The largest absolute Gasteiger partial charge is 0.733 e. The number of ketones is 1. The molecule has 0 spiro atoms. The van der Waals surface area contributed by atoms with Gasteiger partial charge in [-0.3, -0.25) is 10.0 Å². The van der Waals surface area contributed by atoms with Crippen molar-refractivity contribution < 1.29 is 19.5 Å². The molecule has 1 aromatic carbocycles. The standard InChI is InChI=1S/C19H26NO5/c1-13-9-11-19(4,18(13,2)3)16(21)10-12-25-17(22)14-5-7-15(8-6-14)20(23)24/h5-8,13,23H,9-12H2,1-4H3/q-1/t13-,19+/m1/s1. The van der Waals surface area contributed by atoms with Gasteiger partial charge in [-0.2, -0.15) is 0 Å². The van der Waals surface area contributed by atoms with E-state index in [1.54, 1.807) is 0 Å². The highest BCUT2D eigenvalue weighted by atomic mass is 16.8. The number of anilines is 1. The molecule has 6 heteroatoms. The van der Waals surface area contributed by atoms with Crippen LogP contribution in [0.25, 0.3) is 0 Å². The van der Waals surface area contributed by atoms with Gasteiger partial charge in [-0.15, -0.1) is 0 Å². The number of hydrogen-bond acceptors (Lipinski definition) is 6. The molecule has 0 heterocycles. The number of nitrogens with zero attached hydrogens (tertiary/aromatic N) is 1. The Labute approximate surface area is 148 Å². The average Bonchev–Trinajstić information content (AvgIpc) is 2.78. The first-order valence-electron chi connectivity index (χ1n) is 8.56. The summed E-state index contributed by atoms with van der Waals surface area (Å²) in [6, 6.07) is 5.42. The van der Waals surface area contributed by atoms with Gasteiger partial charge in [0.1, 0.15) is 5.78 Å². The zero-order valence-electron chi connectivity index (χ0n) is 15.2. The Hall–Kier alpha value is -1.92. The van der Waals surface area contributed by atoms with Crippen LogP contribution in [0.2, 0.25) is 0 Å². The van der Waals surface area contributed by atoms with Crippen molar-refractivity contribution in [1.82, 2.24) is 0 Å². The molecular formula is C19H26NO5-. The van der Waals surface area contributed by atoms with Gasteiger partial charge in [0, 0.05) is 11.8 Å². The maximum Gasteiger partial charge on any atom is 0.338 e. The summed E-state index contributed by atoms with van der Waals surface area (Å²) < 4.78 is 5.18. The molecule has 0 bridgehead atoms. The van der Waals surface area contributed by atoms with Gasteiger partial charge in [0.15, 0.2) is 0 Å². The third kappa shape index (κ3) is 3.70. The molecule has 0 aliphatic heterocycles. The molecule has 2 rings (SSSR count). The average molecular weight is 348 g/mol. The minimum Gasteiger partial charge on any atom is -0.733 e. The minimum absolute atomic E-state index is 0.0252. The topological polar surface area (TPSA) is 89.9 Å². The number of hydrogen-bond donors (Lipinski definition) is 1. The lowest BCUT2D eigenvalue weighted by Crippen LogP contribution is -2.40. The van der Waals surface area contributed by atoms with Crippen LogP contribution in [0, 0.1) is 22.0 Å². The van der Waals surface area contributed by atoms with Gasteiger partial charge in [-0.05, 0) is 48.4 Å². The predicted molar refractivity (Wildman–Crippen MR) is 94.3 cm³/mol. The van der Waals surface area contributed by atoms with Crippen molar-refractivity contribution in [2.24, 2.45) is 16.7 Å². The monoisotopic (exact) mass is 348 g/mol. The number of Topliss-reactive ketones (excluding diaryl/α,β-unsaturated/α-hetero) is 1. The van der Waals surface area contributed by atoms with Crippen molar-refractivity contribution in [2.45, 2.75) is 47.0 Å². The molecule has 2 atom stereocenters. The first-order chi connectivity index (χ1) is 11.6. The molecule has 1 aromatic rings. The van der Waals surface area contributed by atoms with Crippen LogP contribution in [0.1, 0.15) is 57.3 Å². The summed E-state index contributed by atoms with van der Waals surface area (Å²) in [5, 5.41) is 19.2. The molecule has 1 N–H and O–H groups in total. The molecule has 1 aliphatic rings. The maximum atomic E-state index is 12.7. The van der Waals surface area contributed by atoms with Crippen LogP contribution < -0.4 is 5.23 Å². The van der Waals surface area contributed by atoms with Crippen LogP contribution >= 0.6 is 0 Å². The maximum absolute atomic E-state index is 12.7. The zero-order chi connectivity index (χ0) is 18.8. The molecule has 0 aromatic heterocycles. The molecule has 138 valence electrons. The van der Waals surface area contributed by atoms with Crippen molar-refractivity contribution in [3.63, 3.8) is 0 Å². The van der Waals surface area contributed by atoms with Crippen molar-refractivity contribution >= 4 is 17.4 Å². The van der Waals surface area contributed by atoms with E-state index in [-0.39, 0.29) is 46.1 Å². The van der Waals surface area contributed by atoms with Crippen molar-refractivity contribution in [2.75, 3.05) is 11.8 Å². The highest BCUT2D eigenvalue weighted by molar-refractivity contribution is 5.90. The van der Waals surface area contributed by atoms with Crippen LogP contribution in [0.3, 0.4) is 0 Å². The molecule has 1 fully saturated rings. The van der Waals surface area contributed by atoms with Crippen LogP contribution in [-0.4, -0.2) is 23.6 Å². The van der Waals surface area contributed by atoms with Gasteiger partial charge in [-0.25, -0.2) is 4.79 Å². The van der Waals surface area contributed by atoms with Gasteiger partial charge in [-0.1, -0.05) is 27.7 Å². The van der Waals surface area contributed by atoms with Gasteiger partial charge < -0.3 is 15.2 Å². The zero-order valence-corrected chi connectivity index (χ0v) is 15.2. The summed E-state index contributed by atoms with van der Waals surface area (Å²) in [6.07, 6.45) is 2.09. The summed E-state index contributed by atoms with van der Waals surface area (Å²) in [6.45, 7) is 8.50. The lowest BCUT2D eigenvalue weighted by Gasteiger charge is -2.39. The van der Waals surface area contributed by atoms with E-state index in [1.807, 2.05) is 6.92 Å². The lowest BCUT2D eigenvalue weighted by molar-refractivity contribution is -0.134. The summed E-state index contributed by atoms with van der Waals surface area (Å²) in [5.74, 6) is 0.0563. The molecule has 25 heavy (non-hydrogen) atoms. The first kappa shape index (κ1) is 19.4. The first-order valence-corrected chi connectivity index (χ1v) is 8.56. The SMILES string of the molecule is C[C@@H]1CC[C@@](C)(C(=O)CCOC(=O)c2ccc(N([O-])O)cc2)C1(C)C. The van der Waals surface area contributed by atoms with Crippen molar-refractivity contribution in [3.8, 4) is 0 Å². The highest BCUT2D eigenvalue weighted by Crippen LogP contribution is 2.56. The smallest absolute Gasteiger partial charge is 0.338 e. The third-order valence-electron chi connectivity index (χ3n) is 6.23. The van der Waals surface area contributed by atoms with Crippen LogP contribution in [0.4, 0.5) is 5.69 Å². The van der Waals surface area contributed by atoms with E-state index in [2.05, 4.69) is 20.8 Å². The molecular weight excluding hydrogens is 322 g/mol. The molecule has 0 unspecified atom stereocenters. The number of benzene rings is 1. The Bertz CT molecular complexity index is 638. The quantitative estimate of drug-likeness (QED) is 0.618. The summed E-state index contributed by atoms with van der Waals surface area (Å²) >= 11 is 0. The normalized spacial score (nSPS) is 24.8. The molecule has 0 radical (unpaired) electrons. The Morgan fingerprint density at radius 2 is 1.88 bits per heavy atom. The number of esters is 1. The van der Waals surface area contributed by atoms with E-state index < -0.39 is 5.97 Å². The van der Waals surface area contributed by atoms with Crippen LogP contribution in [0.15, 0.2) is 24.3 Å². The van der Waals surface area contributed by atoms with E-state index >= 15 is 0 Å². The second-order valence-electron chi connectivity index (χ2n) is 7.62. The molecule has 6 nitrogen and oxygen atoms in total. The lowest BCUT2D eigenvalue weighted by atomic mass is 9.63. The Balaban J connectivity index is 1.90. The highest BCUT2D eigenvalue weighted by Gasteiger charge is 2.53. The summed E-state index contributed by atoms with van der Waals surface area (Å²) in [5.41, 5.74) is -0.172. The second kappa shape index (κ2) is 7.14. The molecule has 1 aliphatic carbocycles. The third-order valence-corrected chi connectivity index (χ3v) is 6.23. The number of ether oxygens (including phenoxy) is 1. The van der Waals surface area contributed by atoms with E-state index in [0.29, 0.717) is 5.92 Å².